The average molecular weight is 572 g/mol. The molecule has 8 nitrogen and oxygen atoms in total. The number of aromatic nitrogens is 2. The number of rotatable bonds is 11. The lowest BCUT2D eigenvalue weighted by Gasteiger charge is -2.26. The van der Waals surface area contributed by atoms with Crippen molar-refractivity contribution in [3.05, 3.63) is 84.1 Å². The van der Waals surface area contributed by atoms with Crippen molar-refractivity contribution in [2.75, 3.05) is 11.5 Å². The molecule has 0 aliphatic heterocycles. The van der Waals surface area contributed by atoms with E-state index in [0.717, 1.165) is 0 Å². The summed E-state index contributed by atoms with van der Waals surface area (Å²) in [6, 6.07) is 15.1. The molecule has 41 heavy (non-hydrogen) atoms. The number of nitrogen functional groups attached to an aromatic ring is 1. The molecule has 12 heteroatoms. The minimum atomic E-state index is -4.83. The maximum atomic E-state index is 15.9. The normalized spacial score (nSPS) is 11.4. The lowest BCUT2D eigenvalue weighted by atomic mass is 10.1. The molecule has 0 atom stereocenters. The molecule has 0 unspecified atom stereocenters. The third kappa shape index (κ3) is 7.47. The number of H-pyrrole nitrogens is 1. The van der Waals surface area contributed by atoms with Gasteiger partial charge in [0.05, 0.1) is 30.6 Å². The molecule has 0 bridgehead atoms. The summed E-state index contributed by atoms with van der Waals surface area (Å²) < 4.78 is 69.5. The van der Waals surface area contributed by atoms with Crippen molar-refractivity contribution in [1.29, 1.82) is 5.41 Å². The molecule has 0 saturated carbocycles. The van der Waals surface area contributed by atoms with Crippen LogP contribution in [0.25, 0.3) is 11.3 Å². The van der Waals surface area contributed by atoms with Crippen LogP contribution >= 0.6 is 0 Å². The molecule has 1 heterocycles. The van der Waals surface area contributed by atoms with E-state index in [-0.39, 0.29) is 35.7 Å². The molecule has 3 aromatic carbocycles. The molecule has 0 aliphatic rings. The summed E-state index contributed by atoms with van der Waals surface area (Å²) in [5, 5.41) is 7.69. The number of halogens is 4. The topological polar surface area (TPSA) is 109 Å². The number of nitrogens with zero attached hydrogens (tertiary/aromatic N) is 2. The van der Waals surface area contributed by atoms with Crippen LogP contribution in [0.2, 0.25) is 0 Å². The summed E-state index contributed by atoms with van der Waals surface area (Å²) in [4.78, 5) is 9.20. The number of nitrogens with two attached hydrogens (primary N) is 1. The second-order valence-corrected chi connectivity index (χ2v) is 9.21. The van der Waals surface area contributed by atoms with Crippen LogP contribution in [0.15, 0.2) is 66.9 Å². The van der Waals surface area contributed by atoms with Crippen molar-refractivity contribution in [1.82, 2.24) is 9.97 Å². The first-order valence-corrected chi connectivity index (χ1v) is 12.7. The summed E-state index contributed by atoms with van der Waals surface area (Å²) in [6.07, 6.45) is -3.59. The Morgan fingerprint density at radius 1 is 1.07 bits per heavy atom. The first-order chi connectivity index (χ1) is 19.4. The molecule has 0 saturated heterocycles. The number of nitrogens with one attached hydrogen (secondary N) is 2. The van der Waals surface area contributed by atoms with Crippen LogP contribution in [0.3, 0.4) is 0 Å². The van der Waals surface area contributed by atoms with Gasteiger partial charge >= 0.3 is 6.36 Å². The number of amidine groups is 1. The van der Waals surface area contributed by atoms with E-state index in [2.05, 4.69) is 14.7 Å². The Balaban J connectivity index is 1.75. The van der Waals surface area contributed by atoms with Gasteiger partial charge in [0.15, 0.2) is 11.6 Å². The third-order valence-corrected chi connectivity index (χ3v) is 5.75. The maximum absolute atomic E-state index is 15.9. The van der Waals surface area contributed by atoms with Gasteiger partial charge in [0, 0.05) is 35.1 Å². The fourth-order valence-corrected chi connectivity index (χ4v) is 4.07. The first-order valence-electron chi connectivity index (χ1n) is 12.7. The minimum absolute atomic E-state index is 0.00733. The maximum Gasteiger partial charge on any atom is 0.573 e. The second-order valence-electron chi connectivity index (χ2n) is 9.21. The molecule has 0 radical (unpaired) electrons. The molecular formula is C29H29F4N5O3. The van der Waals surface area contributed by atoms with Gasteiger partial charge in [0.2, 0.25) is 0 Å². The van der Waals surface area contributed by atoms with Crippen molar-refractivity contribution in [2.45, 2.75) is 39.8 Å². The zero-order valence-electron chi connectivity index (χ0n) is 22.6. The van der Waals surface area contributed by atoms with Gasteiger partial charge in [0.1, 0.15) is 23.2 Å². The lowest BCUT2D eigenvalue weighted by Crippen LogP contribution is -2.20. The highest BCUT2D eigenvalue weighted by Gasteiger charge is 2.31. The summed E-state index contributed by atoms with van der Waals surface area (Å²) >= 11 is 0. The first kappa shape index (κ1) is 29.2. The van der Waals surface area contributed by atoms with Gasteiger partial charge in [-0.3, -0.25) is 5.41 Å². The lowest BCUT2D eigenvalue weighted by molar-refractivity contribution is -0.274. The van der Waals surface area contributed by atoms with Gasteiger partial charge in [-0.2, -0.15) is 0 Å². The number of anilines is 2. The van der Waals surface area contributed by atoms with E-state index in [9.17, 15) is 13.2 Å². The predicted molar refractivity (Wildman–Crippen MR) is 147 cm³/mol. The third-order valence-electron chi connectivity index (χ3n) is 5.75. The van der Waals surface area contributed by atoms with Crippen molar-refractivity contribution in [3.63, 3.8) is 0 Å². The highest BCUT2D eigenvalue weighted by molar-refractivity contribution is 5.95. The van der Waals surface area contributed by atoms with Crippen molar-refractivity contribution >= 4 is 17.2 Å². The molecule has 4 N–H and O–H groups in total. The SMILES string of the molecule is CCOc1cc(OC(C)C)c(F)c(N(Cc2nc(-c3cccc(OC(F)(F)F)c3)c[nH]2)c2ccc(C(=N)N)cc2)c1. The fourth-order valence-electron chi connectivity index (χ4n) is 4.07. The zero-order valence-corrected chi connectivity index (χ0v) is 22.6. The predicted octanol–water partition coefficient (Wildman–Crippen LogP) is 6.92. The number of alkyl halides is 3. The molecule has 4 rings (SSSR count). The van der Waals surface area contributed by atoms with Crippen LogP contribution in [0.5, 0.6) is 17.2 Å². The summed E-state index contributed by atoms with van der Waals surface area (Å²) in [6.45, 7) is 5.75. The van der Waals surface area contributed by atoms with Gasteiger partial charge in [-0.1, -0.05) is 12.1 Å². The van der Waals surface area contributed by atoms with Crippen LogP contribution in [0.4, 0.5) is 28.9 Å². The van der Waals surface area contributed by atoms with Gasteiger partial charge in [-0.25, -0.2) is 9.37 Å². The van der Waals surface area contributed by atoms with Crippen LogP contribution in [-0.2, 0) is 6.54 Å². The minimum Gasteiger partial charge on any atom is -0.494 e. The fraction of sp³-hybridized carbons (Fsp3) is 0.241. The van der Waals surface area contributed by atoms with Gasteiger partial charge < -0.3 is 29.8 Å². The summed E-state index contributed by atoms with van der Waals surface area (Å²) in [5.41, 5.74) is 7.55. The number of imidazole rings is 1. The summed E-state index contributed by atoms with van der Waals surface area (Å²) in [7, 11) is 0. The second kappa shape index (κ2) is 12.2. The number of aromatic amines is 1. The molecule has 4 aromatic rings. The monoisotopic (exact) mass is 571 g/mol. The Bertz CT molecular complexity index is 1500. The molecule has 0 fully saturated rings. The Kier molecular flexibility index (Phi) is 8.70. The van der Waals surface area contributed by atoms with E-state index in [1.54, 1.807) is 61.3 Å². The van der Waals surface area contributed by atoms with E-state index in [1.807, 2.05) is 6.92 Å². The molecular weight excluding hydrogens is 542 g/mol. The van der Waals surface area contributed by atoms with Gasteiger partial charge in [0.25, 0.3) is 0 Å². The molecule has 0 aliphatic carbocycles. The Morgan fingerprint density at radius 3 is 2.44 bits per heavy atom. The van der Waals surface area contributed by atoms with Gasteiger partial charge in [-0.15, -0.1) is 13.2 Å². The molecule has 1 aromatic heterocycles. The van der Waals surface area contributed by atoms with E-state index in [0.29, 0.717) is 40.7 Å². The number of hydrogen-bond donors (Lipinski definition) is 3. The van der Waals surface area contributed by atoms with Crippen LogP contribution in [0, 0.1) is 11.2 Å². The zero-order chi connectivity index (χ0) is 29.7. The smallest absolute Gasteiger partial charge is 0.494 e. The van der Waals surface area contributed by atoms with Crippen LogP contribution < -0.4 is 24.8 Å². The van der Waals surface area contributed by atoms with Crippen LogP contribution in [-0.4, -0.2) is 34.9 Å². The van der Waals surface area contributed by atoms with Crippen LogP contribution in [0.1, 0.15) is 32.2 Å². The quantitative estimate of drug-likeness (QED) is 0.102. The molecule has 0 amide bonds. The summed E-state index contributed by atoms with van der Waals surface area (Å²) in [5.74, 6) is -0.321. The number of benzene rings is 3. The highest BCUT2D eigenvalue weighted by atomic mass is 19.4. The Morgan fingerprint density at radius 2 is 1.80 bits per heavy atom. The van der Waals surface area contributed by atoms with E-state index in [1.165, 1.54) is 24.3 Å². The molecule has 0 spiro atoms. The van der Waals surface area contributed by atoms with Crippen molar-refractivity contribution in [3.8, 4) is 28.5 Å². The highest BCUT2D eigenvalue weighted by Crippen LogP contribution is 2.38. The number of ether oxygens (including phenoxy) is 3. The average Bonchev–Trinajstić information content (AvgIpc) is 3.37. The number of hydrogen-bond acceptors (Lipinski definition) is 6. The van der Waals surface area contributed by atoms with E-state index >= 15 is 4.39 Å². The van der Waals surface area contributed by atoms with Gasteiger partial charge in [-0.05, 0) is 57.2 Å². The van der Waals surface area contributed by atoms with E-state index in [4.69, 9.17) is 20.6 Å². The standard InChI is InChI=1S/C29H29F4N5O3/c1-4-39-22-13-24(27(30)25(14-22)40-17(2)3)38(20-10-8-18(9-11-20)28(34)35)16-26-36-15-23(37-26)19-6-5-7-21(12-19)41-29(31,32)33/h5-15,17H,4,16H2,1-3H3,(H3,34,35)(H,36,37). The Hall–Kier alpha value is -4.74. The Labute approximate surface area is 234 Å². The largest absolute Gasteiger partial charge is 0.573 e. The van der Waals surface area contributed by atoms with Crippen molar-refractivity contribution in [2.24, 2.45) is 5.73 Å². The van der Waals surface area contributed by atoms with E-state index < -0.39 is 12.2 Å². The molecule has 216 valence electrons. The van der Waals surface area contributed by atoms with Crippen molar-refractivity contribution < 1.29 is 31.8 Å².